The minimum absolute atomic E-state index is 0.0214. The van der Waals surface area contributed by atoms with Crippen LogP contribution in [0.5, 0.6) is 5.75 Å². The van der Waals surface area contributed by atoms with Crippen molar-refractivity contribution in [3.05, 3.63) is 11.9 Å². The molecule has 0 aliphatic rings. The first-order valence-electron chi connectivity index (χ1n) is 5.88. The van der Waals surface area contributed by atoms with E-state index in [4.69, 9.17) is 4.74 Å². The molecule has 0 radical (unpaired) electrons. The highest BCUT2D eigenvalue weighted by atomic mass is 16.5. The first-order chi connectivity index (χ1) is 8.45. The van der Waals surface area contributed by atoms with Gasteiger partial charge in [0.05, 0.1) is 26.4 Å². The van der Waals surface area contributed by atoms with E-state index in [1.54, 1.807) is 18.0 Å². The maximum Gasteiger partial charge on any atom is 0.198 e. The van der Waals surface area contributed by atoms with Crippen molar-refractivity contribution in [2.24, 2.45) is 0 Å². The molecule has 1 aromatic rings. The summed E-state index contributed by atoms with van der Waals surface area (Å²) in [5, 5.41) is 4.21. The average Bonchev–Trinajstić information content (AvgIpc) is 2.68. The van der Waals surface area contributed by atoms with Crippen LogP contribution in [0.25, 0.3) is 0 Å². The van der Waals surface area contributed by atoms with E-state index in [-0.39, 0.29) is 5.78 Å². The molecule has 0 aliphatic heterocycles. The van der Waals surface area contributed by atoms with Gasteiger partial charge in [-0.05, 0) is 28.2 Å². The van der Waals surface area contributed by atoms with Crippen LogP contribution >= 0.6 is 0 Å². The van der Waals surface area contributed by atoms with E-state index in [0.717, 1.165) is 6.54 Å². The SMILES string of the molecule is COc1cnn(CCN(C)C)c1C(=O)CN(C)C. The summed E-state index contributed by atoms with van der Waals surface area (Å²) in [6.45, 7) is 1.85. The van der Waals surface area contributed by atoms with E-state index in [2.05, 4.69) is 5.10 Å². The van der Waals surface area contributed by atoms with Crippen molar-refractivity contribution in [2.75, 3.05) is 48.4 Å². The zero-order valence-corrected chi connectivity index (χ0v) is 11.8. The highest BCUT2D eigenvalue weighted by Gasteiger charge is 2.19. The van der Waals surface area contributed by atoms with E-state index in [1.165, 1.54) is 0 Å². The van der Waals surface area contributed by atoms with Gasteiger partial charge in [0.25, 0.3) is 0 Å². The number of rotatable bonds is 7. The van der Waals surface area contributed by atoms with E-state index in [9.17, 15) is 4.79 Å². The van der Waals surface area contributed by atoms with Gasteiger partial charge in [-0.3, -0.25) is 9.48 Å². The van der Waals surface area contributed by atoms with Gasteiger partial charge in [0.15, 0.2) is 11.5 Å². The zero-order chi connectivity index (χ0) is 13.7. The van der Waals surface area contributed by atoms with Crippen LogP contribution in [0.3, 0.4) is 0 Å². The van der Waals surface area contributed by atoms with Crippen molar-refractivity contribution in [3.8, 4) is 5.75 Å². The lowest BCUT2D eigenvalue weighted by Crippen LogP contribution is -2.26. The molecule has 0 unspecified atom stereocenters. The Morgan fingerprint density at radius 1 is 1.33 bits per heavy atom. The van der Waals surface area contributed by atoms with Crippen molar-refractivity contribution in [1.82, 2.24) is 19.6 Å². The van der Waals surface area contributed by atoms with E-state index in [1.807, 2.05) is 38.0 Å². The van der Waals surface area contributed by atoms with Crippen molar-refractivity contribution in [1.29, 1.82) is 0 Å². The summed E-state index contributed by atoms with van der Waals surface area (Å²) in [4.78, 5) is 16.1. The Hall–Kier alpha value is -1.40. The molecule has 18 heavy (non-hydrogen) atoms. The number of carbonyl (C=O) groups excluding carboxylic acids is 1. The van der Waals surface area contributed by atoms with E-state index in [0.29, 0.717) is 24.5 Å². The molecule has 0 amide bonds. The van der Waals surface area contributed by atoms with Gasteiger partial charge in [-0.15, -0.1) is 0 Å². The van der Waals surface area contributed by atoms with Crippen molar-refractivity contribution < 1.29 is 9.53 Å². The van der Waals surface area contributed by atoms with Crippen LogP contribution in [-0.2, 0) is 6.54 Å². The molecule has 0 spiro atoms. The van der Waals surface area contributed by atoms with Crippen LogP contribution in [0.1, 0.15) is 10.5 Å². The third kappa shape index (κ3) is 3.82. The smallest absolute Gasteiger partial charge is 0.198 e. The lowest BCUT2D eigenvalue weighted by molar-refractivity contribution is 0.0943. The van der Waals surface area contributed by atoms with Crippen molar-refractivity contribution >= 4 is 5.78 Å². The zero-order valence-electron chi connectivity index (χ0n) is 11.8. The lowest BCUT2D eigenvalue weighted by atomic mass is 10.2. The van der Waals surface area contributed by atoms with Crippen LogP contribution in [0, 0.1) is 0 Å². The molecule has 0 saturated heterocycles. The number of likely N-dealkylation sites (N-methyl/N-ethyl adjacent to an activating group) is 2. The fourth-order valence-corrected chi connectivity index (χ4v) is 1.63. The summed E-state index contributed by atoms with van der Waals surface area (Å²) in [5.74, 6) is 0.564. The summed E-state index contributed by atoms with van der Waals surface area (Å²) < 4.78 is 6.91. The van der Waals surface area contributed by atoms with Crippen molar-refractivity contribution in [3.63, 3.8) is 0 Å². The minimum Gasteiger partial charge on any atom is -0.493 e. The monoisotopic (exact) mass is 254 g/mol. The van der Waals surface area contributed by atoms with Gasteiger partial charge in [0.1, 0.15) is 5.69 Å². The average molecular weight is 254 g/mol. The first-order valence-corrected chi connectivity index (χ1v) is 5.88. The van der Waals surface area contributed by atoms with Gasteiger partial charge < -0.3 is 14.5 Å². The van der Waals surface area contributed by atoms with Crippen LogP contribution in [0.15, 0.2) is 6.20 Å². The maximum atomic E-state index is 12.2. The molecule has 0 saturated carbocycles. The topological polar surface area (TPSA) is 50.6 Å². The van der Waals surface area contributed by atoms with Crippen LogP contribution in [-0.4, -0.2) is 73.8 Å². The third-order valence-electron chi connectivity index (χ3n) is 2.51. The third-order valence-corrected chi connectivity index (χ3v) is 2.51. The normalized spacial score (nSPS) is 11.3. The number of ether oxygens (including phenoxy) is 1. The van der Waals surface area contributed by atoms with E-state index >= 15 is 0 Å². The Morgan fingerprint density at radius 2 is 2.00 bits per heavy atom. The lowest BCUT2D eigenvalue weighted by Gasteiger charge is -2.13. The quantitative estimate of drug-likeness (QED) is 0.651. The number of hydrogen-bond donors (Lipinski definition) is 0. The number of aromatic nitrogens is 2. The molecule has 0 fully saturated rings. The molecule has 102 valence electrons. The number of ketones is 1. The second kappa shape index (κ2) is 6.51. The Morgan fingerprint density at radius 3 is 2.50 bits per heavy atom. The summed E-state index contributed by atoms with van der Waals surface area (Å²) >= 11 is 0. The van der Waals surface area contributed by atoms with Gasteiger partial charge in [-0.2, -0.15) is 5.10 Å². The van der Waals surface area contributed by atoms with Crippen LogP contribution in [0.2, 0.25) is 0 Å². The van der Waals surface area contributed by atoms with Crippen LogP contribution < -0.4 is 4.74 Å². The molecule has 0 aromatic carbocycles. The molecule has 6 nitrogen and oxygen atoms in total. The molecule has 0 atom stereocenters. The molecule has 0 N–H and O–H groups in total. The Kier molecular flexibility index (Phi) is 5.30. The van der Waals surface area contributed by atoms with Crippen molar-refractivity contribution in [2.45, 2.75) is 6.54 Å². The van der Waals surface area contributed by atoms with Gasteiger partial charge in [-0.1, -0.05) is 0 Å². The fourth-order valence-electron chi connectivity index (χ4n) is 1.63. The Balaban J connectivity index is 2.91. The largest absolute Gasteiger partial charge is 0.493 e. The molecule has 6 heteroatoms. The number of methoxy groups -OCH3 is 1. The highest BCUT2D eigenvalue weighted by molar-refractivity contribution is 5.98. The summed E-state index contributed by atoms with van der Waals surface area (Å²) in [6, 6.07) is 0. The Bertz CT molecular complexity index is 399. The fraction of sp³-hybridized carbons (Fsp3) is 0.667. The second-order valence-corrected chi connectivity index (χ2v) is 4.75. The molecule has 0 aliphatic carbocycles. The maximum absolute atomic E-state index is 12.2. The number of Topliss-reactive ketones (excluding diaryl/α,β-unsaturated/α-hetero) is 1. The second-order valence-electron chi connectivity index (χ2n) is 4.75. The Labute approximate surface area is 108 Å². The molecule has 1 rings (SSSR count). The molecule has 1 heterocycles. The van der Waals surface area contributed by atoms with Gasteiger partial charge in [0.2, 0.25) is 0 Å². The predicted octanol–water partition coefficient (Wildman–Crippen LogP) is 0.198. The summed E-state index contributed by atoms with van der Waals surface area (Å²) in [7, 11) is 9.26. The van der Waals surface area contributed by atoms with Gasteiger partial charge >= 0.3 is 0 Å². The van der Waals surface area contributed by atoms with Gasteiger partial charge in [0, 0.05) is 6.54 Å². The summed E-state index contributed by atoms with van der Waals surface area (Å²) in [6.07, 6.45) is 1.60. The van der Waals surface area contributed by atoms with Crippen LogP contribution in [0.4, 0.5) is 0 Å². The molecular weight excluding hydrogens is 232 g/mol. The summed E-state index contributed by atoms with van der Waals surface area (Å²) in [5.41, 5.74) is 0.549. The molecular formula is C12H22N4O2. The standard InChI is InChI=1S/C12H22N4O2/c1-14(2)6-7-16-12(10(17)9-15(3)4)11(18-5)8-13-16/h8H,6-7,9H2,1-5H3. The first kappa shape index (κ1) is 14.7. The minimum atomic E-state index is 0.0214. The molecule has 1 aromatic heterocycles. The van der Waals surface area contributed by atoms with Gasteiger partial charge in [-0.25, -0.2) is 0 Å². The number of hydrogen-bond acceptors (Lipinski definition) is 5. The van der Waals surface area contributed by atoms with E-state index < -0.39 is 0 Å². The number of carbonyl (C=O) groups is 1. The molecule has 0 bridgehead atoms. The number of nitrogens with zero attached hydrogens (tertiary/aromatic N) is 4. The highest BCUT2D eigenvalue weighted by Crippen LogP contribution is 2.18. The predicted molar refractivity (Wildman–Crippen MR) is 70.2 cm³/mol.